The lowest BCUT2D eigenvalue weighted by atomic mass is 10.1. The van der Waals surface area contributed by atoms with E-state index >= 15 is 0 Å². The zero-order valence-corrected chi connectivity index (χ0v) is 11.7. The first-order valence-electron chi connectivity index (χ1n) is 6.25. The molecular formula is C13H22O4S. The first-order chi connectivity index (χ1) is 8.72. The predicted octanol–water partition coefficient (Wildman–Crippen LogP) is 2.39. The van der Waals surface area contributed by atoms with Gasteiger partial charge in [0.15, 0.2) is 0 Å². The summed E-state index contributed by atoms with van der Waals surface area (Å²) in [5.74, 6) is -1.11. The summed E-state index contributed by atoms with van der Waals surface area (Å²) in [6.07, 6.45) is 10.7. The van der Waals surface area contributed by atoms with Gasteiger partial charge in [0, 0.05) is 20.1 Å². The van der Waals surface area contributed by atoms with Crippen molar-refractivity contribution < 1.29 is 18.8 Å². The molecule has 0 aromatic carbocycles. The number of carbonyl (C=O) groups is 1. The standard InChI is InChI=1S/C13H22O4S/c1-17-11-9-7-5-3-2-4-6-8-10-12(18-16)13(14)15/h6,8H,2-5,7,9-11H2,1H3,(H,14,15). The number of carboxylic acid groups (broad SMARTS) is 1. The lowest BCUT2D eigenvalue weighted by Crippen LogP contribution is -2.11. The van der Waals surface area contributed by atoms with Crippen LogP contribution in [0.25, 0.3) is 0 Å². The molecule has 5 heteroatoms. The summed E-state index contributed by atoms with van der Waals surface area (Å²) in [5.41, 5.74) is 0. The van der Waals surface area contributed by atoms with E-state index in [-0.39, 0.29) is 22.5 Å². The molecule has 4 nitrogen and oxygen atoms in total. The third-order valence-corrected chi connectivity index (χ3v) is 3.07. The molecule has 0 aliphatic heterocycles. The Kier molecular flexibility index (Phi) is 11.9. The fourth-order valence-corrected chi connectivity index (χ4v) is 1.74. The van der Waals surface area contributed by atoms with Crippen LogP contribution in [0.15, 0.2) is 12.2 Å². The van der Waals surface area contributed by atoms with Gasteiger partial charge in [-0.25, -0.2) is 9.00 Å². The number of allylic oxidation sites excluding steroid dienone is 2. The lowest BCUT2D eigenvalue weighted by Gasteiger charge is -1.99. The van der Waals surface area contributed by atoms with Crippen LogP contribution in [-0.4, -0.2) is 33.9 Å². The van der Waals surface area contributed by atoms with Gasteiger partial charge >= 0.3 is 5.97 Å². The summed E-state index contributed by atoms with van der Waals surface area (Å²) in [5, 5.41) is 8.61. The predicted molar refractivity (Wildman–Crippen MR) is 74.1 cm³/mol. The van der Waals surface area contributed by atoms with E-state index in [1.807, 2.05) is 6.08 Å². The molecule has 0 bridgehead atoms. The fourth-order valence-electron chi connectivity index (χ4n) is 1.50. The molecule has 0 aliphatic carbocycles. The van der Waals surface area contributed by atoms with Gasteiger partial charge in [0.1, 0.15) is 16.1 Å². The Bertz CT molecular complexity index is 306. The van der Waals surface area contributed by atoms with E-state index in [4.69, 9.17) is 9.84 Å². The summed E-state index contributed by atoms with van der Waals surface area (Å²) in [6, 6.07) is 0. The molecule has 0 amide bonds. The monoisotopic (exact) mass is 274 g/mol. The molecule has 0 spiro atoms. The largest absolute Gasteiger partial charge is 0.477 e. The molecule has 0 unspecified atom stereocenters. The average molecular weight is 274 g/mol. The molecule has 18 heavy (non-hydrogen) atoms. The van der Waals surface area contributed by atoms with Gasteiger partial charge in [-0.05, 0) is 19.3 Å². The van der Waals surface area contributed by atoms with Crippen LogP contribution in [-0.2, 0) is 20.8 Å². The van der Waals surface area contributed by atoms with E-state index in [1.54, 1.807) is 13.2 Å². The Balaban J connectivity index is 3.44. The zero-order valence-electron chi connectivity index (χ0n) is 10.9. The van der Waals surface area contributed by atoms with E-state index in [9.17, 15) is 9.00 Å². The molecule has 0 fully saturated rings. The highest BCUT2D eigenvalue weighted by molar-refractivity contribution is 7.68. The molecule has 0 aliphatic rings. The van der Waals surface area contributed by atoms with E-state index in [0.717, 1.165) is 25.9 Å². The van der Waals surface area contributed by atoms with Gasteiger partial charge in [-0.1, -0.05) is 31.4 Å². The SMILES string of the molecule is COCCCCCCCC=CCC(=S=O)C(=O)O. The van der Waals surface area contributed by atoms with Crippen LogP contribution in [0.4, 0.5) is 0 Å². The Labute approximate surface area is 112 Å². The molecule has 0 aromatic rings. The average Bonchev–Trinajstić information content (AvgIpc) is 2.35. The highest BCUT2D eigenvalue weighted by Crippen LogP contribution is 2.06. The third-order valence-electron chi connectivity index (χ3n) is 2.53. The minimum absolute atomic E-state index is 0.0502. The summed E-state index contributed by atoms with van der Waals surface area (Å²) in [7, 11) is 1.72. The molecule has 0 saturated heterocycles. The molecule has 1 N–H and O–H groups in total. The number of methoxy groups -OCH3 is 1. The number of aliphatic carboxylic acids is 1. The Morgan fingerprint density at radius 3 is 2.44 bits per heavy atom. The minimum Gasteiger partial charge on any atom is -0.477 e. The second-order valence-electron chi connectivity index (χ2n) is 4.04. The number of unbranched alkanes of at least 4 members (excludes halogenated alkanes) is 5. The van der Waals surface area contributed by atoms with Crippen molar-refractivity contribution in [3.05, 3.63) is 12.2 Å². The number of hydrogen-bond donors (Lipinski definition) is 1. The Morgan fingerprint density at radius 1 is 1.17 bits per heavy atom. The molecule has 0 rings (SSSR count). The van der Waals surface area contributed by atoms with Gasteiger partial charge in [0.2, 0.25) is 0 Å². The quantitative estimate of drug-likeness (QED) is 0.357. The molecule has 0 saturated carbocycles. The molecule has 0 radical (unpaired) electrons. The van der Waals surface area contributed by atoms with Gasteiger partial charge in [0.05, 0.1) is 0 Å². The highest BCUT2D eigenvalue weighted by Gasteiger charge is 2.04. The molecular weight excluding hydrogens is 252 g/mol. The van der Waals surface area contributed by atoms with Crippen molar-refractivity contribution in [2.45, 2.75) is 44.9 Å². The smallest absolute Gasteiger partial charge is 0.345 e. The number of hydrogen-bond acceptors (Lipinski definition) is 3. The van der Waals surface area contributed by atoms with Crippen molar-refractivity contribution in [3.63, 3.8) is 0 Å². The lowest BCUT2D eigenvalue weighted by molar-refractivity contribution is -0.129. The van der Waals surface area contributed by atoms with Gasteiger partial charge in [0.25, 0.3) is 0 Å². The van der Waals surface area contributed by atoms with E-state index in [2.05, 4.69) is 0 Å². The van der Waals surface area contributed by atoms with Crippen LogP contribution in [0.3, 0.4) is 0 Å². The first-order valence-corrected chi connectivity index (χ1v) is 6.99. The van der Waals surface area contributed by atoms with Crippen LogP contribution >= 0.6 is 0 Å². The van der Waals surface area contributed by atoms with Gasteiger partial charge in [-0.15, -0.1) is 0 Å². The number of rotatable bonds is 11. The summed E-state index contributed by atoms with van der Waals surface area (Å²) < 4.78 is 15.4. The molecule has 0 heterocycles. The maximum absolute atomic E-state index is 10.5. The molecule has 0 atom stereocenters. The highest BCUT2D eigenvalue weighted by atomic mass is 32.1. The van der Waals surface area contributed by atoms with Crippen LogP contribution in [0, 0.1) is 0 Å². The Hall–Kier alpha value is -0.940. The normalized spacial score (nSPS) is 10.7. The van der Waals surface area contributed by atoms with E-state index in [0.29, 0.717) is 0 Å². The third kappa shape index (κ3) is 10.2. The maximum atomic E-state index is 10.5. The summed E-state index contributed by atoms with van der Waals surface area (Å²) >= 11 is 0.0615. The van der Waals surface area contributed by atoms with Crippen molar-refractivity contribution in [1.29, 1.82) is 0 Å². The maximum Gasteiger partial charge on any atom is 0.345 e. The second-order valence-corrected chi connectivity index (χ2v) is 4.70. The van der Waals surface area contributed by atoms with Crippen LogP contribution in [0.1, 0.15) is 44.9 Å². The number of ether oxygens (including phenoxy) is 1. The van der Waals surface area contributed by atoms with Crippen LogP contribution < -0.4 is 0 Å². The van der Waals surface area contributed by atoms with Crippen LogP contribution in [0.2, 0.25) is 0 Å². The fraction of sp³-hybridized carbons (Fsp3) is 0.692. The summed E-state index contributed by atoms with van der Waals surface area (Å²) in [4.78, 5) is 10.5. The Morgan fingerprint density at radius 2 is 1.83 bits per heavy atom. The molecule has 0 aromatic heterocycles. The first kappa shape index (κ1) is 17.1. The summed E-state index contributed by atoms with van der Waals surface area (Å²) in [6.45, 7) is 0.834. The van der Waals surface area contributed by atoms with Crippen molar-refractivity contribution in [2.75, 3.05) is 13.7 Å². The topological polar surface area (TPSA) is 63.6 Å². The minimum atomic E-state index is -1.11. The van der Waals surface area contributed by atoms with Crippen molar-refractivity contribution in [3.8, 4) is 0 Å². The zero-order chi connectivity index (χ0) is 13.6. The van der Waals surface area contributed by atoms with Gasteiger partial charge < -0.3 is 9.84 Å². The van der Waals surface area contributed by atoms with Gasteiger partial charge in [-0.3, -0.25) is 0 Å². The number of carboxylic acids is 1. The van der Waals surface area contributed by atoms with E-state index in [1.165, 1.54) is 19.3 Å². The van der Waals surface area contributed by atoms with Gasteiger partial charge in [-0.2, -0.15) is 0 Å². The van der Waals surface area contributed by atoms with Crippen molar-refractivity contribution in [2.24, 2.45) is 0 Å². The van der Waals surface area contributed by atoms with Crippen molar-refractivity contribution in [1.82, 2.24) is 0 Å². The molecule has 104 valence electrons. The second kappa shape index (κ2) is 12.5. The van der Waals surface area contributed by atoms with E-state index < -0.39 is 5.97 Å². The van der Waals surface area contributed by atoms with Crippen LogP contribution in [0.5, 0.6) is 0 Å². The van der Waals surface area contributed by atoms with Crippen molar-refractivity contribution >= 4 is 22.1 Å².